The van der Waals surface area contributed by atoms with E-state index in [2.05, 4.69) is 43.2 Å². The first-order valence-corrected chi connectivity index (χ1v) is 16.1. The Morgan fingerprint density at radius 1 is 0.596 bits per heavy atom. The standard InChI is InChI=1S/C40H32N6O6/c1-22-2-6-25(7-3-22)38(30-20-41-32-10-8-26(16-28(30)32)39(51)45-43-18-23-4-12-34(47)36(49)14-23)31-21-42-33-11-9-27(17-29(31)33)40(52)46-44-19-24-5-13-35(48)37(50)15-24/h2-21,38,41-42,47-50H,1H3,(H,45,51)(H,46,52)/b43-18+,44-19+. The topological polar surface area (TPSA) is 195 Å². The van der Waals surface area contributed by atoms with Crippen LogP contribution in [0.3, 0.4) is 0 Å². The van der Waals surface area contributed by atoms with Gasteiger partial charge in [-0.25, -0.2) is 10.9 Å². The largest absolute Gasteiger partial charge is 0.504 e. The highest BCUT2D eigenvalue weighted by molar-refractivity contribution is 6.01. The highest BCUT2D eigenvalue weighted by Gasteiger charge is 2.24. The second-order valence-corrected chi connectivity index (χ2v) is 12.2. The molecular weight excluding hydrogens is 660 g/mol. The number of aryl methyl sites for hydroxylation is 1. The Morgan fingerprint density at radius 2 is 1.06 bits per heavy atom. The van der Waals surface area contributed by atoms with E-state index in [9.17, 15) is 30.0 Å². The number of hydrazone groups is 2. The Balaban J connectivity index is 1.21. The minimum Gasteiger partial charge on any atom is -0.504 e. The van der Waals surface area contributed by atoms with Crippen LogP contribution < -0.4 is 10.9 Å². The Bertz CT molecular complexity index is 2380. The molecule has 0 fully saturated rings. The second kappa shape index (κ2) is 13.9. The number of rotatable bonds is 9. The van der Waals surface area contributed by atoms with Crippen molar-refractivity contribution in [2.45, 2.75) is 12.8 Å². The van der Waals surface area contributed by atoms with Gasteiger partial charge in [-0.05, 0) is 108 Å². The van der Waals surface area contributed by atoms with Gasteiger partial charge in [0.2, 0.25) is 0 Å². The third-order valence-corrected chi connectivity index (χ3v) is 8.74. The summed E-state index contributed by atoms with van der Waals surface area (Å²) in [6.45, 7) is 2.02. The van der Waals surface area contributed by atoms with Gasteiger partial charge in [-0.3, -0.25) is 9.59 Å². The summed E-state index contributed by atoms with van der Waals surface area (Å²) in [6.07, 6.45) is 6.59. The molecule has 5 aromatic carbocycles. The number of carbonyl (C=O) groups is 2. The van der Waals surface area contributed by atoms with E-state index in [1.807, 2.05) is 43.6 Å². The number of hydrogen-bond donors (Lipinski definition) is 8. The quantitative estimate of drug-likeness (QED) is 0.0484. The van der Waals surface area contributed by atoms with Gasteiger partial charge in [-0.2, -0.15) is 10.2 Å². The van der Waals surface area contributed by atoms with Crippen LogP contribution in [0.2, 0.25) is 0 Å². The zero-order chi connectivity index (χ0) is 36.4. The predicted octanol–water partition coefficient (Wildman–Crippen LogP) is 6.49. The normalized spacial score (nSPS) is 11.7. The molecule has 0 aliphatic rings. The molecule has 12 heteroatoms. The number of nitrogens with one attached hydrogen (secondary N) is 4. The van der Waals surface area contributed by atoms with Crippen molar-refractivity contribution in [3.8, 4) is 23.0 Å². The SMILES string of the molecule is Cc1ccc(C(c2c[nH]c3ccc(C(=O)N/N=C/c4ccc(O)c(O)c4)cc23)c2c[nH]c3ccc(C(=O)N/N=C/c4ccc(O)c(O)c4)cc23)cc1. The van der Waals surface area contributed by atoms with Crippen LogP contribution in [0.15, 0.2) is 120 Å². The van der Waals surface area contributed by atoms with Gasteiger partial charge >= 0.3 is 0 Å². The number of aromatic nitrogens is 2. The number of aromatic amines is 2. The smallest absolute Gasteiger partial charge is 0.271 e. The number of phenols is 4. The van der Waals surface area contributed by atoms with Crippen LogP contribution in [-0.4, -0.2) is 54.6 Å². The molecule has 52 heavy (non-hydrogen) atoms. The Hall–Kier alpha value is -7.34. The molecule has 0 atom stereocenters. The molecule has 0 saturated carbocycles. The van der Waals surface area contributed by atoms with Gasteiger partial charge in [-0.15, -0.1) is 0 Å². The summed E-state index contributed by atoms with van der Waals surface area (Å²) in [7, 11) is 0. The molecule has 7 rings (SSSR count). The number of benzene rings is 5. The van der Waals surface area contributed by atoms with Crippen LogP contribution in [-0.2, 0) is 0 Å². The Kier molecular flexibility index (Phi) is 8.85. The summed E-state index contributed by atoms with van der Waals surface area (Å²) in [6, 6.07) is 27.3. The summed E-state index contributed by atoms with van der Waals surface area (Å²) in [5.41, 5.74) is 12.4. The molecule has 7 aromatic rings. The fourth-order valence-electron chi connectivity index (χ4n) is 6.03. The molecule has 258 valence electrons. The molecule has 0 saturated heterocycles. The monoisotopic (exact) mass is 692 g/mol. The van der Waals surface area contributed by atoms with E-state index in [-0.39, 0.29) is 28.9 Å². The zero-order valence-electron chi connectivity index (χ0n) is 27.6. The van der Waals surface area contributed by atoms with Crippen molar-refractivity contribution in [3.63, 3.8) is 0 Å². The lowest BCUT2D eigenvalue weighted by Gasteiger charge is -2.18. The van der Waals surface area contributed by atoms with Gasteiger partial charge < -0.3 is 30.4 Å². The van der Waals surface area contributed by atoms with Crippen molar-refractivity contribution in [3.05, 3.63) is 154 Å². The third kappa shape index (κ3) is 6.76. The molecule has 0 aliphatic carbocycles. The number of fused-ring (bicyclic) bond motifs is 2. The highest BCUT2D eigenvalue weighted by atomic mass is 16.3. The summed E-state index contributed by atoms with van der Waals surface area (Å²) in [5.74, 6) is -2.28. The average Bonchev–Trinajstić information content (AvgIpc) is 3.76. The second-order valence-electron chi connectivity index (χ2n) is 12.2. The lowest BCUT2D eigenvalue weighted by atomic mass is 9.84. The van der Waals surface area contributed by atoms with Gasteiger partial charge in [0.05, 0.1) is 12.4 Å². The summed E-state index contributed by atoms with van der Waals surface area (Å²) < 4.78 is 0. The van der Waals surface area contributed by atoms with Crippen molar-refractivity contribution in [2.24, 2.45) is 10.2 Å². The van der Waals surface area contributed by atoms with Crippen LogP contribution in [0, 0.1) is 6.92 Å². The molecule has 8 N–H and O–H groups in total. The van der Waals surface area contributed by atoms with Crippen LogP contribution >= 0.6 is 0 Å². The molecule has 0 radical (unpaired) electrons. The number of amides is 2. The van der Waals surface area contributed by atoms with Gasteiger partial charge in [0, 0.05) is 51.2 Å². The minimum atomic E-state index is -0.437. The first-order valence-electron chi connectivity index (χ1n) is 16.1. The van der Waals surface area contributed by atoms with Gasteiger partial charge in [0.1, 0.15) is 0 Å². The predicted molar refractivity (Wildman–Crippen MR) is 198 cm³/mol. The average molecular weight is 693 g/mol. The van der Waals surface area contributed by atoms with Crippen molar-refractivity contribution < 1.29 is 30.0 Å². The van der Waals surface area contributed by atoms with E-state index in [0.29, 0.717) is 22.3 Å². The number of carbonyl (C=O) groups excluding carboxylic acids is 2. The fraction of sp³-hybridized carbons (Fsp3) is 0.0500. The Labute approximate surface area is 296 Å². The van der Waals surface area contributed by atoms with Crippen molar-refractivity contribution in [1.82, 2.24) is 20.8 Å². The minimum absolute atomic E-state index is 0.254. The van der Waals surface area contributed by atoms with Crippen LogP contribution in [0.5, 0.6) is 23.0 Å². The van der Waals surface area contributed by atoms with E-state index >= 15 is 0 Å². The molecular formula is C40H32N6O6. The first kappa shape index (κ1) is 33.2. The van der Waals surface area contributed by atoms with Crippen molar-refractivity contribution >= 4 is 46.0 Å². The maximum atomic E-state index is 13.2. The van der Waals surface area contributed by atoms with Gasteiger partial charge in [-0.1, -0.05) is 29.8 Å². The molecule has 2 aromatic heterocycles. The highest BCUT2D eigenvalue weighted by Crippen LogP contribution is 2.40. The van der Waals surface area contributed by atoms with Crippen molar-refractivity contribution in [2.75, 3.05) is 0 Å². The van der Waals surface area contributed by atoms with E-state index in [1.54, 1.807) is 36.4 Å². The molecule has 0 aliphatic heterocycles. The van der Waals surface area contributed by atoms with Gasteiger partial charge in [0.15, 0.2) is 23.0 Å². The first-order chi connectivity index (χ1) is 25.1. The third-order valence-electron chi connectivity index (χ3n) is 8.74. The van der Waals surface area contributed by atoms with E-state index in [4.69, 9.17) is 0 Å². The van der Waals surface area contributed by atoms with E-state index in [0.717, 1.165) is 44.1 Å². The molecule has 0 bridgehead atoms. The van der Waals surface area contributed by atoms with Crippen LogP contribution in [0.25, 0.3) is 21.8 Å². The summed E-state index contributed by atoms with van der Waals surface area (Å²) in [5, 5.41) is 48.2. The molecule has 12 nitrogen and oxygen atoms in total. The summed E-state index contributed by atoms with van der Waals surface area (Å²) >= 11 is 0. The number of nitrogens with zero attached hydrogens (tertiary/aromatic N) is 2. The molecule has 2 heterocycles. The van der Waals surface area contributed by atoms with Crippen LogP contribution in [0.4, 0.5) is 0 Å². The fourth-order valence-corrected chi connectivity index (χ4v) is 6.03. The van der Waals surface area contributed by atoms with E-state index in [1.165, 1.54) is 36.7 Å². The lowest BCUT2D eigenvalue weighted by molar-refractivity contribution is 0.0947. The van der Waals surface area contributed by atoms with Crippen molar-refractivity contribution in [1.29, 1.82) is 0 Å². The maximum Gasteiger partial charge on any atom is 0.271 e. The summed E-state index contributed by atoms with van der Waals surface area (Å²) in [4.78, 5) is 33.1. The van der Waals surface area contributed by atoms with Gasteiger partial charge in [0.25, 0.3) is 11.8 Å². The molecule has 0 spiro atoms. The number of hydrogen-bond acceptors (Lipinski definition) is 8. The lowest BCUT2D eigenvalue weighted by Crippen LogP contribution is -2.17. The number of H-pyrrole nitrogens is 2. The molecule has 2 amide bonds. The zero-order valence-corrected chi connectivity index (χ0v) is 27.6. The number of phenolic OH excluding ortho intramolecular Hbond substituents is 4. The Morgan fingerprint density at radius 3 is 1.50 bits per heavy atom. The maximum absolute atomic E-state index is 13.2. The number of aromatic hydroxyl groups is 4. The molecule has 0 unspecified atom stereocenters. The van der Waals surface area contributed by atoms with Crippen LogP contribution in [0.1, 0.15) is 60.0 Å². The van der Waals surface area contributed by atoms with E-state index < -0.39 is 11.8 Å².